The molecule has 3 N–H and O–H groups in total. The molecular formula is C21H20O6. The van der Waals surface area contributed by atoms with E-state index in [1.54, 1.807) is 6.92 Å². The normalized spacial score (nSPS) is 33.9. The van der Waals surface area contributed by atoms with E-state index < -0.39 is 28.9 Å². The zero-order chi connectivity index (χ0) is 19.3. The number of carbonyl (C=O) groups is 2. The summed E-state index contributed by atoms with van der Waals surface area (Å²) in [5, 5.41) is 31.1. The fraction of sp³-hybridized carbons (Fsp3) is 0.429. The third-order valence-electron chi connectivity index (χ3n) is 7.26. The number of carboxylic acid groups (broad SMARTS) is 2. The van der Waals surface area contributed by atoms with E-state index in [1.165, 1.54) is 6.26 Å². The molecule has 0 unspecified atom stereocenters. The van der Waals surface area contributed by atoms with Gasteiger partial charge in [0.25, 0.3) is 0 Å². The highest BCUT2D eigenvalue weighted by Gasteiger charge is 2.66. The molecule has 6 heteroatoms. The molecule has 3 aliphatic rings. The largest absolute Gasteiger partial charge is 0.481 e. The van der Waals surface area contributed by atoms with Gasteiger partial charge in [-0.25, -0.2) is 4.79 Å². The average molecular weight is 368 g/mol. The maximum absolute atomic E-state index is 12.4. The second kappa shape index (κ2) is 4.81. The summed E-state index contributed by atoms with van der Waals surface area (Å²) < 4.78 is 5.53. The van der Waals surface area contributed by atoms with Crippen LogP contribution in [0.25, 0.3) is 11.0 Å². The van der Waals surface area contributed by atoms with Gasteiger partial charge in [0.15, 0.2) is 0 Å². The van der Waals surface area contributed by atoms with Crippen LogP contribution in [0.4, 0.5) is 0 Å². The summed E-state index contributed by atoms with van der Waals surface area (Å²) in [5.74, 6) is -2.77. The molecule has 2 bridgehead atoms. The second-order valence-electron chi connectivity index (χ2n) is 8.42. The number of aromatic carboxylic acids is 1. The van der Waals surface area contributed by atoms with Crippen LogP contribution in [-0.4, -0.2) is 32.9 Å². The van der Waals surface area contributed by atoms with Gasteiger partial charge in [-0.2, -0.15) is 0 Å². The Morgan fingerprint density at radius 2 is 2.07 bits per heavy atom. The van der Waals surface area contributed by atoms with Gasteiger partial charge in [0.05, 0.1) is 11.5 Å². The van der Waals surface area contributed by atoms with Crippen LogP contribution in [0.5, 0.6) is 0 Å². The fourth-order valence-electron chi connectivity index (χ4n) is 6.21. The van der Waals surface area contributed by atoms with Crippen LogP contribution in [0.3, 0.4) is 0 Å². The summed E-state index contributed by atoms with van der Waals surface area (Å²) in [6, 6.07) is 1.81. The summed E-state index contributed by atoms with van der Waals surface area (Å²) in [6.07, 6.45) is 3.31. The van der Waals surface area contributed by atoms with Gasteiger partial charge in [-0.1, -0.05) is 6.58 Å². The lowest BCUT2D eigenvalue weighted by atomic mass is 9.63. The molecule has 140 valence electrons. The zero-order valence-electron chi connectivity index (χ0n) is 14.9. The third kappa shape index (κ3) is 1.79. The Hall–Kier alpha value is -2.60. The van der Waals surface area contributed by atoms with Crippen molar-refractivity contribution >= 4 is 22.9 Å². The predicted molar refractivity (Wildman–Crippen MR) is 96.0 cm³/mol. The van der Waals surface area contributed by atoms with E-state index in [4.69, 9.17) is 4.42 Å². The first-order chi connectivity index (χ1) is 12.7. The average Bonchev–Trinajstić information content (AvgIpc) is 3.17. The molecule has 3 aliphatic carbocycles. The topological polar surface area (TPSA) is 108 Å². The minimum atomic E-state index is -1.07. The Bertz CT molecular complexity index is 1060. The minimum Gasteiger partial charge on any atom is -0.481 e. The van der Waals surface area contributed by atoms with Crippen molar-refractivity contribution < 1.29 is 29.3 Å². The first-order valence-electron chi connectivity index (χ1n) is 9.11. The van der Waals surface area contributed by atoms with Gasteiger partial charge in [0, 0.05) is 10.8 Å². The summed E-state index contributed by atoms with van der Waals surface area (Å²) in [6.45, 7) is 5.85. The number of rotatable bonds is 2. The van der Waals surface area contributed by atoms with E-state index >= 15 is 0 Å². The molecular weight excluding hydrogens is 348 g/mol. The van der Waals surface area contributed by atoms with E-state index in [0.717, 1.165) is 16.7 Å². The number of aliphatic carboxylic acids is 1. The Morgan fingerprint density at radius 1 is 1.33 bits per heavy atom. The highest BCUT2D eigenvalue weighted by Crippen LogP contribution is 2.71. The monoisotopic (exact) mass is 368 g/mol. The molecule has 0 aliphatic heterocycles. The highest BCUT2D eigenvalue weighted by atomic mass is 16.4. The van der Waals surface area contributed by atoms with Gasteiger partial charge in [0.2, 0.25) is 0 Å². The smallest absolute Gasteiger partial charge is 0.339 e. The van der Waals surface area contributed by atoms with Crippen molar-refractivity contribution in [1.29, 1.82) is 0 Å². The molecule has 6 nitrogen and oxygen atoms in total. The second-order valence-corrected chi connectivity index (χ2v) is 8.42. The molecule has 2 fully saturated rings. The number of carboxylic acids is 2. The quantitative estimate of drug-likeness (QED) is 0.700. The molecule has 27 heavy (non-hydrogen) atoms. The van der Waals surface area contributed by atoms with Gasteiger partial charge in [-0.05, 0) is 66.9 Å². The van der Waals surface area contributed by atoms with Crippen molar-refractivity contribution in [1.82, 2.24) is 0 Å². The Kier molecular flexibility index (Phi) is 2.95. The van der Waals surface area contributed by atoms with E-state index in [9.17, 15) is 24.9 Å². The van der Waals surface area contributed by atoms with Gasteiger partial charge in [0.1, 0.15) is 17.4 Å². The number of aryl methyl sites for hydroxylation is 1. The lowest BCUT2D eigenvalue weighted by Crippen LogP contribution is -2.39. The van der Waals surface area contributed by atoms with E-state index in [0.29, 0.717) is 42.2 Å². The van der Waals surface area contributed by atoms with Crippen molar-refractivity contribution in [3.8, 4) is 0 Å². The molecule has 4 atom stereocenters. The lowest BCUT2D eigenvalue weighted by molar-refractivity contribution is -0.143. The van der Waals surface area contributed by atoms with Crippen molar-refractivity contribution in [2.45, 2.75) is 50.0 Å². The Balaban J connectivity index is 1.83. The molecule has 2 aromatic rings. The number of hydrogen-bond acceptors (Lipinski definition) is 4. The van der Waals surface area contributed by atoms with Crippen LogP contribution < -0.4 is 0 Å². The molecule has 1 heterocycles. The maximum Gasteiger partial charge on any atom is 0.339 e. The Labute approximate surface area is 155 Å². The predicted octanol–water partition coefficient (Wildman–Crippen LogP) is 3.57. The molecule has 1 aromatic carbocycles. The lowest BCUT2D eigenvalue weighted by Gasteiger charge is -2.41. The minimum absolute atomic E-state index is 0.0345. The number of fused-ring (bicyclic) bond motifs is 4. The van der Waals surface area contributed by atoms with E-state index in [1.807, 2.05) is 6.07 Å². The standard InChI is InChI=1S/C21H20O6/c1-9-6-20-8-21(9,26)4-3-14(20)12-5-11-13(18(22)23)7-27-17(11)10(2)15(12)16(20)19(24)25/h5,7,14,16,26H,1,3-4,6,8H2,2H3,(H,22,23)(H,24,25)/t14-,16+,20-,21-/m0/s1. The number of benzene rings is 1. The van der Waals surface area contributed by atoms with Crippen LogP contribution in [0.2, 0.25) is 0 Å². The summed E-state index contributed by atoms with van der Waals surface area (Å²) >= 11 is 0. The van der Waals surface area contributed by atoms with Crippen molar-refractivity contribution in [2.75, 3.05) is 0 Å². The molecule has 0 amide bonds. The van der Waals surface area contributed by atoms with Crippen LogP contribution in [0, 0.1) is 12.3 Å². The van der Waals surface area contributed by atoms with Crippen molar-refractivity contribution in [3.63, 3.8) is 0 Å². The molecule has 2 saturated carbocycles. The van der Waals surface area contributed by atoms with Gasteiger partial charge < -0.3 is 19.7 Å². The van der Waals surface area contributed by atoms with Gasteiger partial charge in [-0.3, -0.25) is 4.79 Å². The third-order valence-corrected chi connectivity index (χ3v) is 7.26. The fourth-order valence-corrected chi connectivity index (χ4v) is 6.21. The molecule has 1 spiro atoms. The number of furan rings is 1. The van der Waals surface area contributed by atoms with Crippen LogP contribution >= 0.6 is 0 Å². The molecule has 5 rings (SSSR count). The number of aliphatic hydroxyl groups is 1. The van der Waals surface area contributed by atoms with Gasteiger partial charge in [-0.15, -0.1) is 0 Å². The summed E-state index contributed by atoms with van der Waals surface area (Å²) in [5.41, 5.74) is 1.95. The summed E-state index contributed by atoms with van der Waals surface area (Å²) in [7, 11) is 0. The Morgan fingerprint density at radius 3 is 2.74 bits per heavy atom. The van der Waals surface area contributed by atoms with E-state index in [2.05, 4.69) is 6.58 Å². The van der Waals surface area contributed by atoms with Crippen LogP contribution in [-0.2, 0) is 4.79 Å². The number of hydrogen-bond donors (Lipinski definition) is 3. The van der Waals surface area contributed by atoms with Crippen LogP contribution in [0.15, 0.2) is 28.9 Å². The van der Waals surface area contributed by atoms with Gasteiger partial charge >= 0.3 is 11.9 Å². The highest BCUT2D eigenvalue weighted by molar-refractivity contribution is 6.04. The molecule has 1 aromatic heterocycles. The SMILES string of the molecule is C=C1C[C@]23C[C@@]1(O)CC[C@H]2c1cc2c(C(=O)O)coc2c(C)c1[C@@H]3C(=O)O. The first kappa shape index (κ1) is 16.6. The van der Waals surface area contributed by atoms with Crippen LogP contribution in [0.1, 0.15) is 64.6 Å². The zero-order valence-corrected chi connectivity index (χ0v) is 14.9. The summed E-state index contributed by atoms with van der Waals surface area (Å²) in [4.78, 5) is 23.9. The first-order valence-corrected chi connectivity index (χ1v) is 9.11. The maximum atomic E-state index is 12.4. The van der Waals surface area contributed by atoms with Crippen molar-refractivity contribution in [3.05, 3.63) is 46.7 Å². The van der Waals surface area contributed by atoms with Crippen molar-refractivity contribution in [2.24, 2.45) is 5.41 Å². The molecule has 0 saturated heterocycles. The van der Waals surface area contributed by atoms with E-state index in [-0.39, 0.29) is 11.5 Å². The molecule has 0 radical (unpaired) electrons.